The summed E-state index contributed by atoms with van der Waals surface area (Å²) >= 11 is 0. The molecular formula is C16H21N3O4. The number of anilines is 1. The molecule has 23 heavy (non-hydrogen) atoms. The maximum atomic E-state index is 5.87. The highest BCUT2D eigenvalue weighted by atomic mass is 16.5. The van der Waals surface area contributed by atoms with Gasteiger partial charge in [0, 0.05) is 25.4 Å². The Morgan fingerprint density at radius 3 is 2.96 bits per heavy atom. The quantitative estimate of drug-likeness (QED) is 0.836. The molecule has 1 saturated heterocycles. The lowest BCUT2D eigenvalue weighted by molar-refractivity contribution is 0.0847. The molecule has 0 N–H and O–H groups in total. The molecule has 0 spiro atoms. The lowest BCUT2D eigenvalue weighted by Gasteiger charge is -2.34. The lowest BCUT2D eigenvalue weighted by Crippen LogP contribution is -2.40. The number of furan rings is 1. The first-order valence-electron chi connectivity index (χ1n) is 7.53. The van der Waals surface area contributed by atoms with Crippen LogP contribution in [0.4, 0.5) is 5.95 Å². The van der Waals surface area contributed by atoms with Crippen LogP contribution in [0.3, 0.4) is 0 Å². The van der Waals surface area contributed by atoms with Gasteiger partial charge in [-0.15, -0.1) is 0 Å². The Kier molecular flexibility index (Phi) is 4.78. The van der Waals surface area contributed by atoms with Crippen molar-refractivity contribution < 1.29 is 18.6 Å². The van der Waals surface area contributed by atoms with Crippen LogP contribution in [-0.4, -0.2) is 43.9 Å². The molecule has 0 amide bonds. The third-order valence-corrected chi connectivity index (χ3v) is 3.71. The van der Waals surface area contributed by atoms with Crippen LogP contribution in [0.2, 0.25) is 0 Å². The number of aromatic nitrogens is 2. The van der Waals surface area contributed by atoms with E-state index in [4.69, 9.17) is 18.6 Å². The van der Waals surface area contributed by atoms with Gasteiger partial charge in [0.25, 0.3) is 0 Å². The molecule has 1 unspecified atom stereocenters. The van der Waals surface area contributed by atoms with Crippen LogP contribution in [-0.2, 0) is 16.1 Å². The molecule has 1 fully saturated rings. The molecular weight excluding hydrogens is 298 g/mol. The molecule has 0 radical (unpaired) electrons. The largest absolute Gasteiger partial charge is 0.481 e. The minimum absolute atomic E-state index is 0.0686. The van der Waals surface area contributed by atoms with Crippen molar-refractivity contribution >= 4 is 5.95 Å². The summed E-state index contributed by atoms with van der Waals surface area (Å²) < 4.78 is 21.9. The van der Waals surface area contributed by atoms with Gasteiger partial charge in [0.2, 0.25) is 11.8 Å². The van der Waals surface area contributed by atoms with Gasteiger partial charge < -0.3 is 23.5 Å². The fourth-order valence-corrected chi connectivity index (χ4v) is 2.63. The van der Waals surface area contributed by atoms with Gasteiger partial charge in [0.1, 0.15) is 24.2 Å². The number of aryl methyl sites for hydroxylation is 1. The summed E-state index contributed by atoms with van der Waals surface area (Å²) in [6.45, 7) is 4.22. The third kappa shape index (κ3) is 3.46. The maximum absolute atomic E-state index is 5.87. The number of ether oxygens (including phenoxy) is 3. The van der Waals surface area contributed by atoms with E-state index in [1.807, 2.05) is 25.1 Å². The summed E-state index contributed by atoms with van der Waals surface area (Å²) in [5, 5.41) is 0. The molecule has 1 aliphatic heterocycles. The topological polar surface area (TPSA) is 69.9 Å². The molecule has 2 aromatic rings. The van der Waals surface area contributed by atoms with Gasteiger partial charge in [-0.3, -0.25) is 0 Å². The van der Waals surface area contributed by atoms with Crippen molar-refractivity contribution in [3.05, 3.63) is 35.4 Å². The maximum Gasteiger partial charge on any atom is 0.229 e. The number of hydrogen-bond acceptors (Lipinski definition) is 7. The summed E-state index contributed by atoms with van der Waals surface area (Å²) in [4.78, 5) is 11.1. The fraction of sp³-hybridized carbons (Fsp3) is 0.500. The molecule has 3 rings (SSSR count). The zero-order valence-corrected chi connectivity index (χ0v) is 13.6. The summed E-state index contributed by atoms with van der Waals surface area (Å²) in [5.74, 6) is 2.79. The molecule has 7 nitrogen and oxygen atoms in total. The lowest BCUT2D eigenvalue weighted by atomic mass is 10.2. The molecule has 124 valence electrons. The zero-order valence-electron chi connectivity index (χ0n) is 13.6. The highest BCUT2D eigenvalue weighted by Gasteiger charge is 2.29. The SMILES string of the molecule is COCc1ccc(C2COCCN2c2nc(C)cc(OC)n2)o1. The molecule has 0 aromatic carbocycles. The van der Waals surface area contributed by atoms with Crippen LogP contribution in [0.5, 0.6) is 5.88 Å². The Balaban J connectivity index is 1.90. The van der Waals surface area contributed by atoms with E-state index >= 15 is 0 Å². The number of hydrogen-bond donors (Lipinski definition) is 0. The summed E-state index contributed by atoms with van der Waals surface area (Å²) in [7, 11) is 3.25. The molecule has 1 aliphatic rings. The Morgan fingerprint density at radius 2 is 2.17 bits per heavy atom. The second-order valence-electron chi connectivity index (χ2n) is 5.37. The van der Waals surface area contributed by atoms with Gasteiger partial charge in [-0.2, -0.15) is 4.98 Å². The molecule has 0 aliphatic carbocycles. The van der Waals surface area contributed by atoms with E-state index in [1.54, 1.807) is 14.2 Å². The highest BCUT2D eigenvalue weighted by molar-refractivity contribution is 5.38. The van der Waals surface area contributed by atoms with E-state index in [9.17, 15) is 0 Å². The van der Waals surface area contributed by atoms with E-state index in [2.05, 4.69) is 14.9 Å². The van der Waals surface area contributed by atoms with Crippen LogP contribution < -0.4 is 9.64 Å². The molecule has 1 atom stereocenters. The van der Waals surface area contributed by atoms with Gasteiger partial charge in [0.15, 0.2) is 0 Å². The van der Waals surface area contributed by atoms with Gasteiger partial charge in [-0.1, -0.05) is 0 Å². The Bertz CT molecular complexity index is 659. The van der Waals surface area contributed by atoms with Crippen LogP contribution in [0.15, 0.2) is 22.6 Å². The number of nitrogens with zero attached hydrogens (tertiary/aromatic N) is 3. The van der Waals surface area contributed by atoms with E-state index < -0.39 is 0 Å². The number of rotatable bonds is 5. The minimum Gasteiger partial charge on any atom is -0.481 e. The average molecular weight is 319 g/mol. The van der Waals surface area contributed by atoms with Crippen molar-refractivity contribution in [1.82, 2.24) is 9.97 Å². The predicted molar refractivity (Wildman–Crippen MR) is 83.6 cm³/mol. The van der Waals surface area contributed by atoms with Gasteiger partial charge in [0.05, 0.1) is 20.3 Å². The van der Waals surface area contributed by atoms with Crippen molar-refractivity contribution in [2.75, 3.05) is 38.9 Å². The standard InChI is InChI=1S/C16H21N3O4/c1-11-8-15(21-3)18-16(17-11)19-6-7-22-10-13(19)14-5-4-12(23-14)9-20-2/h4-5,8,13H,6-7,9-10H2,1-3H3. The van der Waals surface area contributed by atoms with Crippen LogP contribution in [0.1, 0.15) is 23.3 Å². The van der Waals surface area contributed by atoms with Gasteiger partial charge in [-0.25, -0.2) is 4.98 Å². The highest BCUT2D eigenvalue weighted by Crippen LogP contribution is 2.30. The van der Waals surface area contributed by atoms with E-state index in [-0.39, 0.29) is 6.04 Å². The second-order valence-corrected chi connectivity index (χ2v) is 5.37. The van der Waals surface area contributed by atoms with Crippen molar-refractivity contribution in [1.29, 1.82) is 0 Å². The number of methoxy groups -OCH3 is 2. The summed E-state index contributed by atoms with van der Waals surface area (Å²) in [6, 6.07) is 5.61. The normalized spacial score (nSPS) is 18.2. The minimum atomic E-state index is -0.0686. The van der Waals surface area contributed by atoms with Gasteiger partial charge >= 0.3 is 0 Å². The van der Waals surface area contributed by atoms with Crippen molar-refractivity contribution in [3.63, 3.8) is 0 Å². The summed E-state index contributed by atoms with van der Waals surface area (Å²) in [5.41, 5.74) is 0.858. The summed E-state index contributed by atoms with van der Waals surface area (Å²) in [6.07, 6.45) is 0. The van der Waals surface area contributed by atoms with E-state index in [1.165, 1.54) is 0 Å². The van der Waals surface area contributed by atoms with Crippen molar-refractivity contribution in [2.24, 2.45) is 0 Å². The van der Waals surface area contributed by atoms with Crippen LogP contribution in [0.25, 0.3) is 0 Å². The smallest absolute Gasteiger partial charge is 0.229 e. The molecule has 2 aromatic heterocycles. The Labute approximate surface area is 135 Å². The first kappa shape index (κ1) is 15.8. The van der Waals surface area contributed by atoms with Gasteiger partial charge in [-0.05, 0) is 19.1 Å². The van der Waals surface area contributed by atoms with E-state index in [0.29, 0.717) is 38.2 Å². The molecule has 3 heterocycles. The Morgan fingerprint density at radius 1 is 1.30 bits per heavy atom. The number of morpholine rings is 1. The Hall–Kier alpha value is -2.12. The van der Waals surface area contributed by atoms with Crippen LogP contribution in [0, 0.1) is 6.92 Å². The molecule has 7 heteroatoms. The van der Waals surface area contributed by atoms with Crippen molar-refractivity contribution in [2.45, 2.75) is 19.6 Å². The zero-order chi connectivity index (χ0) is 16.2. The third-order valence-electron chi connectivity index (χ3n) is 3.71. The van der Waals surface area contributed by atoms with Crippen molar-refractivity contribution in [3.8, 4) is 5.88 Å². The fourth-order valence-electron chi connectivity index (χ4n) is 2.63. The monoisotopic (exact) mass is 319 g/mol. The van der Waals surface area contributed by atoms with E-state index in [0.717, 1.165) is 17.2 Å². The predicted octanol–water partition coefficient (Wildman–Crippen LogP) is 2.11. The first-order chi connectivity index (χ1) is 11.2. The molecule has 0 bridgehead atoms. The first-order valence-corrected chi connectivity index (χ1v) is 7.53. The molecule has 0 saturated carbocycles. The average Bonchev–Trinajstić information content (AvgIpc) is 3.03. The van der Waals surface area contributed by atoms with Crippen LogP contribution >= 0.6 is 0 Å². The second kappa shape index (κ2) is 6.97.